The Morgan fingerprint density at radius 2 is 1.92 bits per heavy atom. The first-order chi connectivity index (χ1) is 12.1. The maximum absolute atomic E-state index is 11.5. The Hall–Kier alpha value is -3.15. The van der Waals surface area contributed by atoms with E-state index in [-0.39, 0.29) is 5.69 Å². The number of aromatic nitrogens is 2. The van der Waals surface area contributed by atoms with Crippen LogP contribution >= 0.6 is 0 Å². The van der Waals surface area contributed by atoms with Gasteiger partial charge in [0, 0.05) is 5.39 Å². The number of primary amides is 1. The Kier molecular flexibility index (Phi) is 4.79. The van der Waals surface area contributed by atoms with Gasteiger partial charge in [-0.3, -0.25) is 4.79 Å². The van der Waals surface area contributed by atoms with Crippen molar-refractivity contribution in [3.05, 3.63) is 59.3 Å². The molecular formula is C19H20N4O2. The van der Waals surface area contributed by atoms with Gasteiger partial charge in [0.1, 0.15) is 5.75 Å². The van der Waals surface area contributed by atoms with Gasteiger partial charge in [-0.1, -0.05) is 24.3 Å². The van der Waals surface area contributed by atoms with Crippen LogP contribution in [-0.4, -0.2) is 23.2 Å². The first-order valence-corrected chi connectivity index (χ1v) is 8.06. The molecule has 0 radical (unpaired) electrons. The van der Waals surface area contributed by atoms with E-state index in [0.29, 0.717) is 11.2 Å². The predicted octanol–water partition coefficient (Wildman–Crippen LogP) is 2.49. The third-order valence-corrected chi connectivity index (χ3v) is 4.19. The number of fused-ring (bicyclic) bond motifs is 1. The number of anilines is 1. The summed E-state index contributed by atoms with van der Waals surface area (Å²) in [7, 11) is 1.66. The van der Waals surface area contributed by atoms with Gasteiger partial charge in [-0.25, -0.2) is 0 Å². The van der Waals surface area contributed by atoms with Crippen LogP contribution in [0, 0.1) is 0 Å². The molecule has 6 nitrogen and oxygen atoms in total. The van der Waals surface area contributed by atoms with Gasteiger partial charge in [0.05, 0.1) is 18.3 Å². The van der Waals surface area contributed by atoms with E-state index < -0.39 is 5.91 Å². The lowest BCUT2D eigenvalue weighted by atomic mass is 9.99. The number of nitrogens with two attached hydrogens (primary N) is 2. The molecule has 4 N–H and O–H groups in total. The van der Waals surface area contributed by atoms with Crippen molar-refractivity contribution in [2.24, 2.45) is 5.73 Å². The summed E-state index contributed by atoms with van der Waals surface area (Å²) in [5.41, 5.74) is 14.7. The highest BCUT2D eigenvalue weighted by molar-refractivity contribution is 6.04. The molecule has 3 rings (SSSR count). The molecule has 128 valence electrons. The lowest BCUT2D eigenvalue weighted by Gasteiger charge is -2.10. The summed E-state index contributed by atoms with van der Waals surface area (Å²) >= 11 is 0. The largest absolute Gasteiger partial charge is 0.497 e. The lowest BCUT2D eigenvalue weighted by Crippen LogP contribution is -2.17. The molecule has 0 unspecified atom stereocenters. The summed E-state index contributed by atoms with van der Waals surface area (Å²) < 4.78 is 5.25. The van der Waals surface area contributed by atoms with Crippen LogP contribution in [0.4, 0.5) is 5.69 Å². The Morgan fingerprint density at radius 3 is 2.68 bits per heavy atom. The molecule has 0 atom stereocenters. The summed E-state index contributed by atoms with van der Waals surface area (Å²) in [6, 6.07) is 13.8. The monoisotopic (exact) mass is 336 g/mol. The van der Waals surface area contributed by atoms with Crippen molar-refractivity contribution in [2.45, 2.75) is 19.3 Å². The van der Waals surface area contributed by atoms with Crippen LogP contribution in [0.2, 0.25) is 0 Å². The maximum atomic E-state index is 11.5. The molecule has 2 aromatic carbocycles. The Morgan fingerprint density at radius 1 is 1.12 bits per heavy atom. The molecule has 0 bridgehead atoms. The van der Waals surface area contributed by atoms with Crippen LogP contribution in [0.1, 0.15) is 28.0 Å². The highest BCUT2D eigenvalue weighted by Gasteiger charge is 2.14. The van der Waals surface area contributed by atoms with Gasteiger partial charge in [-0.2, -0.15) is 0 Å². The van der Waals surface area contributed by atoms with Gasteiger partial charge < -0.3 is 16.2 Å². The number of ether oxygens (including phenoxy) is 1. The maximum Gasteiger partial charge on any atom is 0.271 e. The van der Waals surface area contributed by atoms with E-state index in [2.05, 4.69) is 16.3 Å². The van der Waals surface area contributed by atoms with Gasteiger partial charge in [0.15, 0.2) is 5.69 Å². The first-order valence-electron chi connectivity index (χ1n) is 8.06. The third-order valence-electron chi connectivity index (χ3n) is 4.19. The van der Waals surface area contributed by atoms with Crippen molar-refractivity contribution in [1.29, 1.82) is 0 Å². The number of aryl methyl sites for hydroxylation is 2. The van der Waals surface area contributed by atoms with Crippen molar-refractivity contribution in [3.8, 4) is 5.75 Å². The second-order valence-electron chi connectivity index (χ2n) is 5.84. The molecule has 0 aliphatic rings. The number of nitrogen functional groups attached to an aromatic ring is 1. The molecule has 0 spiro atoms. The van der Waals surface area contributed by atoms with Crippen molar-refractivity contribution in [3.63, 3.8) is 0 Å². The van der Waals surface area contributed by atoms with Gasteiger partial charge in [-0.05, 0) is 48.6 Å². The van der Waals surface area contributed by atoms with Crippen LogP contribution in [-0.2, 0) is 12.8 Å². The van der Waals surface area contributed by atoms with Gasteiger partial charge >= 0.3 is 0 Å². The number of nitrogens with zero attached hydrogens (tertiary/aromatic N) is 2. The van der Waals surface area contributed by atoms with Crippen LogP contribution in [0.15, 0.2) is 42.5 Å². The minimum atomic E-state index is -0.668. The molecule has 0 fully saturated rings. The molecule has 0 saturated carbocycles. The Labute approximate surface area is 145 Å². The van der Waals surface area contributed by atoms with Gasteiger partial charge in [0.2, 0.25) is 0 Å². The summed E-state index contributed by atoms with van der Waals surface area (Å²) in [4.78, 5) is 11.5. The van der Waals surface area contributed by atoms with Gasteiger partial charge in [0.25, 0.3) is 5.91 Å². The Balaban J connectivity index is 1.83. The zero-order valence-corrected chi connectivity index (χ0v) is 14.0. The highest BCUT2D eigenvalue weighted by atomic mass is 16.5. The Bertz CT molecular complexity index is 924. The summed E-state index contributed by atoms with van der Waals surface area (Å²) in [5, 5.41) is 8.66. The van der Waals surface area contributed by atoms with E-state index >= 15 is 0 Å². The van der Waals surface area contributed by atoms with E-state index in [1.807, 2.05) is 36.4 Å². The molecule has 0 aliphatic heterocycles. The smallest absolute Gasteiger partial charge is 0.271 e. The third kappa shape index (κ3) is 3.52. The SMILES string of the molecule is COc1cccc(CCCc2cccc3nnc(C(N)=O)c(N)c23)c1. The van der Waals surface area contributed by atoms with Gasteiger partial charge in [-0.15, -0.1) is 10.2 Å². The number of hydrogen-bond acceptors (Lipinski definition) is 5. The van der Waals surface area contributed by atoms with Crippen LogP contribution in [0.25, 0.3) is 10.9 Å². The van der Waals surface area contributed by atoms with E-state index in [0.717, 1.165) is 36.0 Å². The molecule has 0 aliphatic carbocycles. The van der Waals surface area contributed by atoms with Crippen molar-refractivity contribution in [1.82, 2.24) is 10.2 Å². The molecule has 25 heavy (non-hydrogen) atoms. The quantitative estimate of drug-likeness (QED) is 0.719. The fourth-order valence-corrected chi connectivity index (χ4v) is 2.96. The predicted molar refractivity (Wildman–Crippen MR) is 97.5 cm³/mol. The second-order valence-corrected chi connectivity index (χ2v) is 5.84. The molecule has 6 heteroatoms. The topological polar surface area (TPSA) is 104 Å². The average Bonchev–Trinajstić information content (AvgIpc) is 2.62. The number of amides is 1. The molecular weight excluding hydrogens is 316 g/mol. The van der Waals surface area contributed by atoms with Crippen molar-refractivity contribution >= 4 is 22.5 Å². The first kappa shape index (κ1) is 16.7. The fourth-order valence-electron chi connectivity index (χ4n) is 2.96. The standard InChI is InChI=1S/C19H20N4O2/c1-25-14-9-3-6-12(11-14)5-2-7-13-8-4-10-15-16(13)17(20)18(19(21)24)23-22-15/h3-4,6,8-11H,2,5,7H2,1H3,(H2,20,22)(H2,21,24). The summed E-state index contributed by atoms with van der Waals surface area (Å²) in [6.45, 7) is 0. The molecule has 1 amide bonds. The fraction of sp³-hybridized carbons (Fsp3) is 0.211. The minimum absolute atomic E-state index is 0.0211. The molecule has 1 aromatic heterocycles. The number of carbonyl (C=O) groups excluding carboxylic acids is 1. The van der Waals surface area contributed by atoms with Crippen LogP contribution in [0.3, 0.4) is 0 Å². The number of methoxy groups -OCH3 is 1. The van der Waals surface area contributed by atoms with E-state index in [1.165, 1.54) is 5.56 Å². The van der Waals surface area contributed by atoms with Crippen LogP contribution in [0.5, 0.6) is 5.75 Å². The average molecular weight is 336 g/mol. The highest BCUT2D eigenvalue weighted by Crippen LogP contribution is 2.26. The van der Waals surface area contributed by atoms with Crippen LogP contribution < -0.4 is 16.2 Å². The second kappa shape index (κ2) is 7.17. The minimum Gasteiger partial charge on any atom is -0.497 e. The lowest BCUT2D eigenvalue weighted by molar-refractivity contribution is 0.0996. The normalized spacial score (nSPS) is 10.8. The molecule has 0 saturated heterocycles. The number of benzene rings is 2. The number of rotatable bonds is 6. The number of carbonyl (C=O) groups is 1. The van der Waals surface area contributed by atoms with Crippen molar-refractivity contribution in [2.75, 3.05) is 12.8 Å². The zero-order valence-electron chi connectivity index (χ0n) is 14.0. The zero-order chi connectivity index (χ0) is 17.8. The van der Waals surface area contributed by atoms with E-state index in [1.54, 1.807) is 7.11 Å². The number of hydrogen-bond donors (Lipinski definition) is 2. The molecule has 3 aromatic rings. The van der Waals surface area contributed by atoms with Crippen molar-refractivity contribution < 1.29 is 9.53 Å². The van der Waals surface area contributed by atoms with E-state index in [4.69, 9.17) is 16.2 Å². The summed E-state index contributed by atoms with van der Waals surface area (Å²) in [6.07, 6.45) is 2.65. The molecule has 1 heterocycles. The van der Waals surface area contributed by atoms with E-state index in [9.17, 15) is 4.79 Å². The summed E-state index contributed by atoms with van der Waals surface area (Å²) in [5.74, 6) is 0.186.